The summed E-state index contributed by atoms with van der Waals surface area (Å²) in [6.45, 7) is 6.05. The monoisotopic (exact) mass is 1040 g/mol. The van der Waals surface area contributed by atoms with E-state index >= 15 is 0 Å². The molecule has 5 aromatic rings. The molecule has 2 unspecified atom stereocenters. The van der Waals surface area contributed by atoms with E-state index in [-0.39, 0.29) is 62.4 Å². The summed E-state index contributed by atoms with van der Waals surface area (Å²) in [6.07, 6.45) is 12.6. The summed E-state index contributed by atoms with van der Waals surface area (Å²) in [7, 11) is 0. The first-order valence-electron chi connectivity index (χ1n) is 25.7. The van der Waals surface area contributed by atoms with Crippen molar-refractivity contribution >= 4 is 64.2 Å². The van der Waals surface area contributed by atoms with Gasteiger partial charge >= 0.3 is 0 Å². The summed E-state index contributed by atoms with van der Waals surface area (Å²) in [6, 6.07) is 23.8. The van der Waals surface area contributed by atoms with Gasteiger partial charge in [-0.2, -0.15) is 0 Å². The first-order chi connectivity index (χ1) is 36.4. The number of aromatic nitrogens is 4. The zero-order valence-corrected chi connectivity index (χ0v) is 43.3. The van der Waals surface area contributed by atoms with E-state index < -0.39 is 17.4 Å². The molecule has 1 fully saturated rings. The molecule has 2 atom stereocenters. The average molecular weight is 1050 g/mol. The SMILES string of the molecule is Cc1[nH]c2ccccc2c1CCN(CCO)Cc1ccc(/C=C/C(=O)NOCc2ccc(SC3CC(O)N(CCCCCC(=O)NCc4cn(CCCCCC(=O)NCCN5C(=O)C=CC5=O)nn4)C3=O)cc2)cc1. The standard InChI is InChI=1S/C55H68N10O9S/c1-39-45(46-10-6-7-11-47(46)58-39)26-30-62(32-33-66)36-41-16-14-40(15-17-41)20-23-51(69)60-74-38-42-18-21-44(22-19-42)75-48-34-54(72)65(55(48)73)29-9-3-5-13-50(68)57-35-43-37-63(61-59-43)28-8-2-4-12-49(67)56-27-31-64-52(70)24-25-53(64)71/h6-7,10-11,14-25,37,48,54,58,66,72H,2-5,8-9,12-13,26-36,38H2,1H3,(H,56,67)(H,57,68)(H,60,69)/b23-20+. The number of aliphatic hydroxyl groups is 2. The molecule has 0 aliphatic carbocycles. The molecule has 2 aliphatic heterocycles. The summed E-state index contributed by atoms with van der Waals surface area (Å²) in [5.74, 6) is -1.49. The lowest BCUT2D eigenvalue weighted by Crippen LogP contribution is -2.38. The number of nitrogens with zero attached hydrogens (tertiary/aromatic N) is 6. The second kappa shape index (κ2) is 28.6. The molecule has 6 amide bonds. The Balaban J connectivity index is 0.705. The lowest BCUT2D eigenvalue weighted by Gasteiger charge is -2.21. The molecule has 0 bridgehead atoms. The van der Waals surface area contributed by atoms with E-state index in [0.717, 1.165) is 57.8 Å². The topological polar surface area (TPSA) is 244 Å². The van der Waals surface area contributed by atoms with Gasteiger partial charge in [-0.05, 0) is 85.6 Å². The number of imide groups is 1. The van der Waals surface area contributed by atoms with Crippen LogP contribution in [0.25, 0.3) is 17.0 Å². The zero-order chi connectivity index (χ0) is 52.9. The molecule has 0 radical (unpaired) electrons. The number of fused-ring (bicyclic) bond motifs is 1. The minimum absolute atomic E-state index is 0.0773. The number of amides is 6. The van der Waals surface area contributed by atoms with Crippen LogP contribution >= 0.6 is 11.8 Å². The van der Waals surface area contributed by atoms with Crippen LogP contribution in [-0.4, -0.2) is 131 Å². The minimum Gasteiger partial charge on any atom is -0.395 e. The number of unbranched alkanes of at least 4 members (excludes halogenated alkanes) is 4. The lowest BCUT2D eigenvalue weighted by molar-refractivity contribution is -0.137. The number of H-pyrrole nitrogens is 1. The van der Waals surface area contributed by atoms with E-state index in [0.29, 0.717) is 76.8 Å². The first kappa shape index (κ1) is 55.8. The summed E-state index contributed by atoms with van der Waals surface area (Å²) in [5, 5.41) is 35.2. The molecule has 3 aromatic carbocycles. The number of rotatable bonds is 31. The van der Waals surface area contributed by atoms with Crippen LogP contribution in [0.1, 0.15) is 91.4 Å². The molecule has 0 saturated carbocycles. The molecule has 1 saturated heterocycles. The number of thioether (sulfide) groups is 1. The number of para-hydroxylation sites is 1. The van der Waals surface area contributed by atoms with Crippen LogP contribution < -0.4 is 16.1 Å². The second-order valence-corrected chi connectivity index (χ2v) is 20.0. The maximum Gasteiger partial charge on any atom is 0.267 e. The van der Waals surface area contributed by atoms with Crippen LogP contribution in [0.5, 0.6) is 0 Å². The van der Waals surface area contributed by atoms with Crippen LogP contribution in [0.4, 0.5) is 0 Å². The van der Waals surface area contributed by atoms with E-state index in [1.165, 1.54) is 51.5 Å². The lowest BCUT2D eigenvalue weighted by atomic mass is 10.1. The van der Waals surface area contributed by atoms with Gasteiger partial charge in [0, 0.05) is 105 Å². The second-order valence-electron chi connectivity index (χ2n) is 18.7. The molecular weight excluding hydrogens is 977 g/mol. The Morgan fingerprint density at radius 1 is 0.853 bits per heavy atom. The van der Waals surface area contributed by atoms with Crippen molar-refractivity contribution in [1.29, 1.82) is 0 Å². The van der Waals surface area contributed by atoms with E-state index in [9.17, 15) is 39.0 Å². The Hall–Kier alpha value is -6.97. The predicted octanol–water partition coefficient (Wildman–Crippen LogP) is 4.86. The van der Waals surface area contributed by atoms with Crippen LogP contribution in [0, 0.1) is 6.92 Å². The highest BCUT2D eigenvalue weighted by Crippen LogP contribution is 2.33. The number of hydrogen-bond acceptors (Lipinski definition) is 13. The predicted molar refractivity (Wildman–Crippen MR) is 284 cm³/mol. The number of carbonyl (C=O) groups excluding carboxylic acids is 6. The Labute approximate surface area is 441 Å². The third-order valence-electron chi connectivity index (χ3n) is 13.1. The van der Waals surface area contributed by atoms with Crippen molar-refractivity contribution in [2.24, 2.45) is 0 Å². The van der Waals surface area contributed by atoms with Crippen molar-refractivity contribution in [3.05, 3.63) is 131 Å². The van der Waals surface area contributed by atoms with Crippen molar-refractivity contribution in [2.75, 3.05) is 39.3 Å². The quantitative estimate of drug-likeness (QED) is 0.0151. The number of aliphatic hydroxyl groups excluding tert-OH is 2. The zero-order valence-electron chi connectivity index (χ0n) is 42.5. The van der Waals surface area contributed by atoms with Crippen molar-refractivity contribution < 1.29 is 43.8 Å². The van der Waals surface area contributed by atoms with Crippen LogP contribution in [0.15, 0.2) is 102 Å². The van der Waals surface area contributed by atoms with Gasteiger partial charge < -0.3 is 30.7 Å². The Bertz CT molecular complexity index is 2760. The Morgan fingerprint density at radius 2 is 1.56 bits per heavy atom. The fraction of sp³-hybridized carbons (Fsp3) is 0.418. The summed E-state index contributed by atoms with van der Waals surface area (Å²) >= 11 is 1.40. The van der Waals surface area contributed by atoms with Crippen LogP contribution in [0.3, 0.4) is 0 Å². The molecule has 20 heteroatoms. The van der Waals surface area contributed by atoms with Gasteiger partial charge in [-0.3, -0.25) is 48.1 Å². The Morgan fingerprint density at radius 3 is 2.31 bits per heavy atom. The molecule has 2 aliphatic rings. The van der Waals surface area contributed by atoms with Gasteiger partial charge in [-0.25, -0.2) is 5.48 Å². The van der Waals surface area contributed by atoms with E-state index in [2.05, 4.69) is 61.4 Å². The van der Waals surface area contributed by atoms with Gasteiger partial charge in [-0.15, -0.1) is 16.9 Å². The number of aryl methyl sites for hydroxylation is 2. The summed E-state index contributed by atoms with van der Waals surface area (Å²) in [5.41, 5.74) is 9.51. The number of benzene rings is 3. The van der Waals surface area contributed by atoms with Crippen molar-refractivity contribution in [2.45, 2.75) is 114 Å². The van der Waals surface area contributed by atoms with Gasteiger partial charge in [0.2, 0.25) is 17.7 Å². The molecule has 398 valence electrons. The first-order valence-corrected chi connectivity index (χ1v) is 26.6. The highest BCUT2D eigenvalue weighted by Gasteiger charge is 2.38. The molecule has 4 heterocycles. The van der Waals surface area contributed by atoms with Gasteiger partial charge in [-0.1, -0.05) is 72.7 Å². The molecule has 19 nitrogen and oxygen atoms in total. The van der Waals surface area contributed by atoms with Gasteiger partial charge in [0.25, 0.3) is 17.7 Å². The molecule has 6 N–H and O–H groups in total. The van der Waals surface area contributed by atoms with Gasteiger partial charge in [0.15, 0.2) is 0 Å². The minimum atomic E-state index is -0.870. The Kier molecular flexibility index (Phi) is 21.3. The maximum absolute atomic E-state index is 13.3. The van der Waals surface area contributed by atoms with Crippen molar-refractivity contribution in [3.63, 3.8) is 0 Å². The summed E-state index contributed by atoms with van der Waals surface area (Å²) < 4.78 is 1.71. The van der Waals surface area contributed by atoms with Crippen LogP contribution in [-0.2, 0) is 66.3 Å². The van der Waals surface area contributed by atoms with E-state index in [4.69, 9.17) is 4.84 Å². The van der Waals surface area contributed by atoms with Gasteiger partial charge in [0.05, 0.1) is 31.2 Å². The number of carbonyl (C=O) groups is 6. The number of hydroxylamine groups is 1. The largest absolute Gasteiger partial charge is 0.395 e. The van der Waals surface area contributed by atoms with E-state index in [1.54, 1.807) is 17.0 Å². The number of hydrogen-bond donors (Lipinski definition) is 6. The number of aromatic amines is 1. The third kappa shape index (κ3) is 17.3. The maximum atomic E-state index is 13.3. The molecule has 2 aromatic heterocycles. The highest BCUT2D eigenvalue weighted by atomic mass is 32.2. The molecule has 7 rings (SSSR count). The fourth-order valence-electron chi connectivity index (χ4n) is 9.00. The van der Waals surface area contributed by atoms with Gasteiger partial charge in [0.1, 0.15) is 11.9 Å². The highest BCUT2D eigenvalue weighted by molar-refractivity contribution is 8.00. The molecule has 0 spiro atoms. The van der Waals surface area contributed by atoms with Crippen molar-refractivity contribution in [3.8, 4) is 0 Å². The molecular formula is C55H68N10O9S. The van der Waals surface area contributed by atoms with Crippen LogP contribution in [0.2, 0.25) is 0 Å². The normalized spacial score (nSPS) is 15.6. The molecule has 75 heavy (non-hydrogen) atoms. The van der Waals surface area contributed by atoms with Crippen molar-refractivity contribution in [1.82, 2.24) is 50.8 Å². The average Bonchev–Trinajstić information content (AvgIpc) is 4.16. The fourth-order valence-corrected chi connectivity index (χ4v) is 10.1. The summed E-state index contributed by atoms with van der Waals surface area (Å²) in [4.78, 5) is 88.2. The number of nitrogens with one attached hydrogen (secondary N) is 4. The smallest absolute Gasteiger partial charge is 0.267 e. The van der Waals surface area contributed by atoms with E-state index in [1.807, 2.05) is 54.6 Å². The number of likely N-dealkylation sites (tertiary alicyclic amines) is 1. The third-order valence-corrected chi connectivity index (χ3v) is 14.3.